The Labute approximate surface area is 224 Å². The number of benzene rings is 1. The summed E-state index contributed by atoms with van der Waals surface area (Å²) in [5, 5.41) is 11.5. The Kier molecular flexibility index (Phi) is 7.32. The highest BCUT2D eigenvalue weighted by Crippen LogP contribution is 2.42. The summed E-state index contributed by atoms with van der Waals surface area (Å²) < 4.78 is 18.6. The number of nitrogens with one attached hydrogen (secondary N) is 2. The number of aryl methyl sites for hydroxylation is 1. The van der Waals surface area contributed by atoms with E-state index in [1.807, 2.05) is 25.1 Å². The fourth-order valence-electron chi connectivity index (χ4n) is 5.71. The largest absolute Gasteiger partial charge is 0.463 e. The minimum atomic E-state index is -0.955. The van der Waals surface area contributed by atoms with E-state index in [1.165, 1.54) is 10.8 Å². The molecule has 0 saturated carbocycles. The number of esters is 1. The van der Waals surface area contributed by atoms with Gasteiger partial charge in [-0.3, -0.25) is 23.9 Å². The van der Waals surface area contributed by atoms with E-state index in [9.17, 15) is 24.3 Å². The molecule has 0 amide bonds. The average Bonchev–Trinajstić information content (AvgIpc) is 3.46. The number of ketones is 1. The standard InChI is InChI=1S/C28H33N3O8/c1-4-28(12-16(3)32)25-19(8-9-38-28)18-7-5-6-17(24(18)29-25)10-23(34)37-14-21-20(33)11-22(39-21)31-13-15(2)26(35)30-27(31)36/h5-7,13,20-22,29,33H,4,8-12,14H2,1-3H3,(H,30,35,36)/t20-,21+,22+,28?/m0/s1. The van der Waals surface area contributed by atoms with Gasteiger partial charge in [-0.1, -0.05) is 25.1 Å². The molecule has 39 heavy (non-hydrogen) atoms. The molecule has 2 aliphatic heterocycles. The third kappa shape index (κ3) is 5.09. The number of aliphatic hydroxyl groups excluding tert-OH is 1. The number of Topliss-reactive ketones (excluding diaryl/α,β-unsaturated/α-hetero) is 1. The van der Waals surface area contributed by atoms with Gasteiger partial charge in [-0.05, 0) is 37.8 Å². The van der Waals surface area contributed by atoms with Crippen LogP contribution in [0.2, 0.25) is 0 Å². The average molecular weight is 540 g/mol. The molecule has 0 bridgehead atoms. The van der Waals surface area contributed by atoms with Gasteiger partial charge in [0.05, 0.1) is 24.8 Å². The van der Waals surface area contributed by atoms with Crippen LogP contribution in [0, 0.1) is 6.92 Å². The molecule has 0 radical (unpaired) electrons. The molecule has 2 aliphatic rings. The lowest BCUT2D eigenvalue weighted by Gasteiger charge is -2.36. The topological polar surface area (TPSA) is 153 Å². The first-order valence-electron chi connectivity index (χ1n) is 13.2. The Hall–Kier alpha value is -3.54. The van der Waals surface area contributed by atoms with Crippen LogP contribution in [0.5, 0.6) is 0 Å². The summed E-state index contributed by atoms with van der Waals surface area (Å²) in [6, 6.07) is 5.75. The lowest BCUT2D eigenvalue weighted by atomic mass is 9.85. The molecule has 3 N–H and O–H groups in total. The Morgan fingerprint density at radius 3 is 2.79 bits per heavy atom. The SMILES string of the molecule is CCC1(CC(C)=O)OCCc2c1[nH]c1c(CC(=O)OC[C@H]3O[C@@H](n4cc(C)c(=O)[nH]c4=O)C[C@@H]3O)cccc21. The summed E-state index contributed by atoms with van der Waals surface area (Å²) >= 11 is 0. The van der Waals surface area contributed by atoms with Crippen LogP contribution >= 0.6 is 0 Å². The molecular weight excluding hydrogens is 506 g/mol. The van der Waals surface area contributed by atoms with Crippen molar-refractivity contribution >= 4 is 22.7 Å². The summed E-state index contributed by atoms with van der Waals surface area (Å²) in [6.07, 6.45) is 0.551. The molecule has 11 nitrogen and oxygen atoms in total. The second-order valence-corrected chi connectivity index (χ2v) is 10.4. The van der Waals surface area contributed by atoms with Crippen LogP contribution < -0.4 is 11.2 Å². The van der Waals surface area contributed by atoms with Crippen LogP contribution in [0.4, 0.5) is 0 Å². The molecule has 1 aromatic carbocycles. The highest BCUT2D eigenvalue weighted by molar-refractivity contribution is 5.91. The first-order valence-corrected chi connectivity index (χ1v) is 13.2. The smallest absolute Gasteiger partial charge is 0.330 e. The van der Waals surface area contributed by atoms with Gasteiger partial charge in [0.25, 0.3) is 5.56 Å². The van der Waals surface area contributed by atoms with Gasteiger partial charge in [-0.2, -0.15) is 0 Å². The molecule has 4 atom stereocenters. The van der Waals surface area contributed by atoms with Crippen molar-refractivity contribution in [2.24, 2.45) is 0 Å². The third-order valence-electron chi connectivity index (χ3n) is 7.72. The molecule has 0 aliphatic carbocycles. The maximum absolute atomic E-state index is 12.8. The van der Waals surface area contributed by atoms with Gasteiger partial charge in [0.2, 0.25) is 0 Å². The lowest BCUT2D eigenvalue weighted by molar-refractivity contribution is -0.149. The number of para-hydroxylation sites is 1. The highest BCUT2D eigenvalue weighted by atomic mass is 16.6. The van der Waals surface area contributed by atoms with Crippen molar-refractivity contribution in [1.82, 2.24) is 14.5 Å². The normalized spacial score (nSPS) is 24.6. The van der Waals surface area contributed by atoms with Crippen LogP contribution in [0.15, 0.2) is 34.0 Å². The van der Waals surface area contributed by atoms with E-state index in [2.05, 4.69) is 9.97 Å². The van der Waals surface area contributed by atoms with Gasteiger partial charge < -0.3 is 24.3 Å². The minimum Gasteiger partial charge on any atom is -0.463 e. The van der Waals surface area contributed by atoms with Crippen molar-refractivity contribution in [3.8, 4) is 0 Å². The van der Waals surface area contributed by atoms with Gasteiger partial charge in [-0.15, -0.1) is 0 Å². The monoisotopic (exact) mass is 539 g/mol. The molecule has 11 heteroatoms. The summed E-state index contributed by atoms with van der Waals surface area (Å²) in [6.45, 7) is 5.46. The second-order valence-electron chi connectivity index (χ2n) is 10.4. The van der Waals surface area contributed by atoms with E-state index >= 15 is 0 Å². The maximum Gasteiger partial charge on any atom is 0.330 e. The quantitative estimate of drug-likeness (QED) is 0.367. The fraction of sp³-hybridized carbons (Fsp3) is 0.500. The van der Waals surface area contributed by atoms with Crippen LogP contribution in [0.25, 0.3) is 10.9 Å². The number of hydrogen-bond acceptors (Lipinski definition) is 8. The molecule has 0 spiro atoms. The van der Waals surface area contributed by atoms with Gasteiger partial charge >= 0.3 is 11.7 Å². The molecule has 4 heterocycles. The number of fused-ring (bicyclic) bond motifs is 3. The summed E-state index contributed by atoms with van der Waals surface area (Å²) in [5.74, 6) is -0.445. The first-order chi connectivity index (χ1) is 18.6. The fourth-order valence-corrected chi connectivity index (χ4v) is 5.71. The van der Waals surface area contributed by atoms with Crippen molar-refractivity contribution in [2.45, 2.75) is 76.9 Å². The van der Waals surface area contributed by atoms with Crippen molar-refractivity contribution < 1.29 is 28.9 Å². The van der Waals surface area contributed by atoms with E-state index in [4.69, 9.17) is 14.2 Å². The number of hydrogen-bond donors (Lipinski definition) is 3. The maximum atomic E-state index is 12.8. The predicted octanol–water partition coefficient (Wildman–Crippen LogP) is 1.92. The van der Waals surface area contributed by atoms with Gasteiger partial charge in [-0.25, -0.2) is 4.79 Å². The number of aromatic amines is 2. The summed E-state index contributed by atoms with van der Waals surface area (Å²) in [7, 11) is 0. The lowest BCUT2D eigenvalue weighted by Crippen LogP contribution is -2.36. The van der Waals surface area contributed by atoms with Crippen LogP contribution in [-0.4, -0.2) is 56.8 Å². The molecule has 5 rings (SSSR count). The number of carbonyl (C=O) groups is 2. The van der Waals surface area contributed by atoms with Gasteiger partial charge in [0.15, 0.2) is 0 Å². The minimum absolute atomic E-state index is 0.00571. The Balaban J connectivity index is 1.29. The molecule has 2 aromatic heterocycles. The number of aliphatic hydroxyl groups is 1. The molecule has 1 unspecified atom stereocenters. The van der Waals surface area contributed by atoms with Crippen molar-refractivity contribution in [3.05, 3.63) is 67.6 Å². The van der Waals surface area contributed by atoms with Gasteiger partial charge in [0, 0.05) is 35.5 Å². The highest BCUT2D eigenvalue weighted by Gasteiger charge is 2.40. The number of aromatic nitrogens is 3. The predicted molar refractivity (Wildman–Crippen MR) is 140 cm³/mol. The zero-order valence-corrected chi connectivity index (χ0v) is 22.2. The van der Waals surface area contributed by atoms with E-state index in [0.717, 1.165) is 27.7 Å². The number of H-pyrrole nitrogens is 2. The van der Waals surface area contributed by atoms with Crippen molar-refractivity contribution in [1.29, 1.82) is 0 Å². The third-order valence-corrected chi connectivity index (χ3v) is 7.72. The Morgan fingerprint density at radius 1 is 1.26 bits per heavy atom. The van der Waals surface area contributed by atoms with E-state index in [1.54, 1.807) is 13.8 Å². The van der Waals surface area contributed by atoms with Crippen molar-refractivity contribution in [3.63, 3.8) is 0 Å². The van der Waals surface area contributed by atoms with Gasteiger partial charge in [0.1, 0.15) is 30.3 Å². The zero-order valence-electron chi connectivity index (χ0n) is 22.2. The van der Waals surface area contributed by atoms with E-state index in [0.29, 0.717) is 25.0 Å². The van der Waals surface area contributed by atoms with Crippen LogP contribution in [0.1, 0.15) is 61.7 Å². The Morgan fingerprint density at radius 2 is 2.05 bits per heavy atom. The number of nitrogens with zero attached hydrogens (tertiary/aromatic N) is 1. The van der Waals surface area contributed by atoms with Crippen LogP contribution in [0.3, 0.4) is 0 Å². The molecular formula is C28H33N3O8. The van der Waals surface area contributed by atoms with E-state index < -0.39 is 41.3 Å². The number of carbonyl (C=O) groups excluding carboxylic acids is 2. The first kappa shape index (κ1) is 27.0. The summed E-state index contributed by atoms with van der Waals surface area (Å²) in [4.78, 5) is 54.4. The van der Waals surface area contributed by atoms with E-state index in [-0.39, 0.29) is 31.7 Å². The van der Waals surface area contributed by atoms with Crippen molar-refractivity contribution in [2.75, 3.05) is 13.2 Å². The molecule has 3 aromatic rings. The summed E-state index contributed by atoms with van der Waals surface area (Å²) in [5.41, 5.74) is 2.07. The second kappa shape index (κ2) is 10.6. The Bertz CT molecular complexity index is 1540. The number of ether oxygens (including phenoxy) is 3. The molecule has 1 saturated heterocycles. The molecule has 208 valence electrons. The van der Waals surface area contributed by atoms with Crippen LogP contribution in [-0.2, 0) is 42.2 Å². The number of rotatable bonds is 8. The zero-order chi connectivity index (χ0) is 27.9. The molecule has 1 fully saturated rings.